The molecule has 106 valence electrons. The van der Waals surface area contributed by atoms with Crippen LogP contribution in [0.15, 0.2) is 24.3 Å². The van der Waals surface area contributed by atoms with E-state index in [1.165, 1.54) is 5.56 Å². The molecule has 0 aromatic heterocycles. The molecule has 0 fully saturated rings. The smallest absolute Gasteiger partial charge is 0.257 e. The van der Waals surface area contributed by atoms with Crippen LogP contribution in [0.4, 0.5) is 0 Å². The van der Waals surface area contributed by atoms with Gasteiger partial charge in [0.1, 0.15) is 5.75 Å². The summed E-state index contributed by atoms with van der Waals surface area (Å²) in [5.74, 6) is 1.14. The van der Waals surface area contributed by atoms with Crippen molar-refractivity contribution in [2.24, 2.45) is 0 Å². The molecule has 0 aliphatic carbocycles. The molecule has 0 spiro atoms. The summed E-state index contributed by atoms with van der Waals surface area (Å²) < 4.78 is 5.43. The second-order valence-corrected chi connectivity index (χ2v) is 5.17. The molecule has 0 aliphatic rings. The minimum Gasteiger partial charge on any atom is -0.484 e. The zero-order valence-corrected chi connectivity index (χ0v) is 12.3. The zero-order chi connectivity index (χ0) is 14.3. The fraction of sp³-hybridized carbons (Fsp3) is 0.533. The van der Waals surface area contributed by atoms with Gasteiger partial charge < -0.3 is 15.0 Å². The van der Waals surface area contributed by atoms with Crippen molar-refractivity contribution in [3.05, 3.63) is 29.8 Å². The number of likely N-dealkylation sites (N-methyl/N-ethyl adjacent to an activating group) is 1. The Morgan fingerprint density at radius 1 is 1.26 bits per heavy atom. The van der Waals surface area contributed by atoms with E-state index < -0.39 is 0 Å². The van der Waals surface area contributed by atoms with Crippen LogP contribution < -0.4 is 10.1 Å². The lowest BCUT2D eigenvalue weighted by Gasteiger charge is -2.11. The Kier molecular flexibility index (Phi) is 6.36. The highest BCUT2D eigenvalue weighted by Gasteiger charge is 2.03. The first-order valence-electron chi connectivity index (χ1n) is 6.63. The van der Waals surface area contributed by atoms with Gasteiger partial charge in [-0.2, -0.15) is 0 Å². The quantitative estimate of drug-likeness (QED) is 0.817. The van der Waals surface area contributed by atoms with Gasteiger partial charge in [-0.1, -0.05) is 26.0 Å². The van der Waals surface area contributed by atoms with Gasteiger partial charge in [-0.05, 0) is 37.7 Å². The fourth-order valence-corrected chi connectivity index (χ4v) is 1.57. The lowest BCUT2D eigenvalue weighted by atomic mass is 10.0. The topological polar surface area (TPSA) is 41.6 Å². The first-order chi connectivity index (χ1) is 8.99. The van der Waals surface area contributed by atoms with Gasteiger partial charge in [0.25, 0.3) is 5.91 Å². The van der Waals surface area contributed by atoms with E-state index in [2.05, 4.69) is 19.2 Å². The third-order valence-electron chi connectivity index (χ3n) is 2.80. The number of nitrogens with one attached hydrogen (secondary N) is 1. The summed E-state index contributed by atoms with van der Waals surface area (Å²) in [6.45, 7) is 5.83. The number of hydrogen-bond acceptors (Lipinski definition) is 3. The summed E-state index contributed by atoms with van der Waals surface area (Å²) in [6.07, 6.45) is 0. The fourth-order valence-electron chi connectivity index (χ4n) is 1.57. The Morgan fingerprint density at radius 3 is 2.42 bits per heavy atom. The number of carbonyl (C=O) groups excluding carboxylic acids is 1. The van der Waals surface area contributed by atoms with E-state index in [1.54, 1.807) is 0 Å². The number of carbonyl (C=O) groups is 1. The maximum atomic E-state index is 11.5. The van der Waals surface area contributed by atoms with Gasteiger partial charge in [-0.15, -0.1) is 0 Å². The van der Waals surface area contributed by atoms with Crippen molar-refractivity contribution < 1.29 is 9.53 Å². The highest BCUT2D eigenvalue weighted by molar-refractivity contribution is 5.77. The minimum absolute atomic E-state index is 0.0639. The summed E-state index contributed by atoms with van der Waals surface area (Å²) in [5.41, 5.74) is 1.27. The Bertz CT molecular complexity index is 386. The molecule has 1 amide bonds. The van der Waals surface area contributed by atoms with Crippen LogP contribution >= 0.6 is 0 Å². The van der Waals surface area contributed by atoms with Crippen molar-refractivity contribution in [3.63, 3.8) is 0 Å². The van der Waals surface area contributed by atoms with Crippen molar-refractivity contribution in [2.75, 3.05) is 33.8 Å². The summed E-state index contributed by atoms with van der Waals surface area (Å²) in [5, 5.41) is 2.81. The van der Waals surface area contributed by atoms with E-state index in [0.717, 1.165) is 12.3 Å². The van der Waals surface area contributed by atoms with Crippen molar-refractivity contribution in [2.45, 2.75) is 19.8 Å². The van der Waals surface area contributed by atoms with Crippen LogP contribution in [0, 0.1) is 0 Å². The molecule has 0 saturated carbocycles. The van der Waals surface area contributed by atoms with Crippen molar-refractivity contribution in [3.8, 4) is 5.75 Å². The molecule has 0 heterocycles. The molecule has 0 unspecified atom stereocenters. The maximum Gasteiger partial charge on any atom is 0.257 e. The Balaban J connectivity index is 2.30. The molecule has 19 heavy (non-hydrogen) atoms. The maximum absolute atomic E-state index is 11.5. The Morgan fingerprint density at radius 2 is 1.89 bits per heavy atom. The third-order valence-corrected chi connectivity index (χ3v) is 2.80. The van der Waals surface area contributed by atoms with E-state index in [9.17, 15) is 4.79 Å². The normalized spacial score (nSPS) is 10.8. The third kappa shape index (κ3) is 6.25. The first-order valence-corrected chi connectivity index (χ1v) is 6.63. The predicted octanol–water partition coefficient (Wildman–Crippen LogP) is 1.87. The van der Waals surface area contributed by atoms with Gasteiger partial charge in [0.2, 0.25) is 0 Å². The number of benzene rings is 1. The highest BCUT2D eigenvalue weighted by Crippen LogP contribution is 2.18. The lowest BCUT2D eigenvalue weighted by Crippen LogP contribution is -2.34. The molecule has 0 aliphatic heterocycles. The minimum atomic E-state index is -0.0882. The predicted molar refractivity (Wildman–Crippen MR) is 77.6 cm³/mol. The van der Waals surface area contributed by atoms with Gasteiger partial charge >= 0.3 is 0 Å². The molecule has 0 radical (unpaired) electrons. The molecule has 4 nitrogen and oxygen atoms in total. The number of hydrogen-bond donors (Lipinski definition) is 1. The number of rotatable bonds is 7. The highest BCUT2D eigenvalue weighted by atomic mass is 16.5. The van der Waals surface area contributed by atoms with E-state index in [4.69, 9.17) is 4.74 Å². The van der Waals surface area contributed by atoms with Crippen LogP contribution in [0.3, 0.4) is 0 Å². The molecular formula is C15H24N2O2. The second kappa shape index (κ2) is 7.79. The Hall–Kier alpha value is -1.55. The summed E-state index contributed by atoms with van der Waals surface area (Å²) in [7, 11) is 3.94. The molecule has 1 aromatic carbocycles. The van der Waals surface area contributed by atoms with Gasteiger partial charge in [-0.25, -0.2) is 0 Å². The Labute approximate surface area is 115 Å². The average Bonchev–Trinajstić information content (AvgIpc) is 2.36. The first kappa shape index (κ1) is 15.5. The monoisotopic (exact) mass is 264 g/mol. The lowest BCUT2D eigenvalue weighted by molar-refractivity contribution is -0.123. The van der Waals surface area contributed by atoms with Crippen LogP contribution in [-0.2, 0) is 4.79 Å². The number of ether oxygens (including phenoxy) is 1. The average molecular weight is 264 g/mol. The van der Waals surface area contributed by atoms with E-state index in [0.29, 0.717) is 12.5 Å². The van der Waals surface area contributed by atoms with Crippen LogP contribution in [0.25, 0.3) is 0 Å². The van der Waals surface area contributed by atoms with Crippen LogP contribution in [0.5, 0.6) is 5.75 Å². The zero-order valence-electron chi connectivity index (χ0n) is 12.3. The van der Waals surface area contributed by atoms with Gasteiger partial charge in [-0.3, -0.25) is 4.79 Å². The van der Waals surface area contributed by atoms with E-state index in [-0.39, 0.29) is 12.5 Å². The molecule has 0 saturated heterocycles. The molecule has 1 N–H and O–H groups in total. The standard InChI is InChI=1S/C15H24N2O2/c1-12(2)13-5-7-14(8-6-13)19-11-15(18)16-9-10-17(3)4/h5-8,12H,9-11H2,1-4H3,(H,16,18). The number of amides is 1. The van der Waals surface area contributed by atoms with E-state index in [1.807, 2.05) is 43.3 Å². The summed E-state index contributed by atoms with van der Waals surface area (Å²) >= 11 is 0. The molecule has 1 aromatic rings. The van der Waals surface area contributed by atoms with Gasteiger partial charge in [0, 0.05) is 13.1 Å². The summed E-state index contributed by atoms with van der Waals surface area (Å²) in [4.78, 5) is 13.5. The molecular weight excluding hydrogens is 240 g/mol. The number of nitrogens with zero attached hydrogens (tertiary/aromatic N) is 1. The molecule has 1 rings (SSSR count). The van der Waals surface area contributed by atoms with Gasteiger partial charge in [0.05, 0.1) is 0 Å². The summed E-state index contributed by atoms with van der Waals surface area (Å²) in [6, 6.07) is 7.87. The van der Waals surface area contributed by atoms with Crippen molar-refractivity contribution in [1.82, 2.24) is 10.2 Å². The van der Waals surface area contributed by atoms with Crippen LogP contribution in [0.2, 0.25) is 0 Å². The van der Waals surface area contributed by atoms with Gasteiger partial charge in [0.15, 0.2) is 6.61 Å². The largest absolute Gasteiger partial charge is 0.484 e. The molecule has 0 atom stereocenters. The molecule has 0 bridgehead atoms. The molecule has 4 heteroatoms. The second-order valence-electron chi connectivity index (χ2n) is 5.17. The van der Waals surface area contributed by atoms with Crippen molar-refractivity contribution >= 4 is 5.91 Å². The van der Waals surface area contributed by atoms with Crippen LogP contribution in [-0.4, -0.2) is 44.6 Å². The van der Waals surface area contributed by atoms with E-state index >= 15 is 0 Å². The SMILES string of the molecule is CC(C)c1ccc(OCC(=O)NCCN(C)C)cc1. The van der Waals surface area contributed by atoms with Crippen molar-refractivity contribution in [1.29, 1.82) is 0 Å². The van der Waals surface area contributed by atoms with Crippen LogP contribution in [0.1, 0.15) is 25.3 Å².